The van der Waals surface area contributed by atoms with Crippen LogP contribution in [0, 0.1) is 12.7 Å². The number of anilines is 2. The van der Waals surface area contributed by atoms with E-state index in [2.05, 4.69) is 4.90 Å². The molecule has 2 aliphatic heterocycles. The third-order valence-electron chi connectivity index (χ3n) is 8.08. The fourth-order valence-corrected chi connectivity index (χ4v) is 5.53. The highest BCUT2D eigenvalue weighted by Gasteiger charge is 2.34. The molecule has 0 bridgehead atoms. The summed E-state index contributed by atoms with van der Waals surface area (Å²) in [5.74, 6) is 0.318. The van der Waals surface area contributed by atoms with Gasteiger partial charge in [0.2, 0.25) is 0 Å². The first-order valence-corrected chi connectivity index (χ1v) is 14.7. The van der Waals surface area contributed by atoms with Crippen LogP contribution < -0.4 is 9.80 Å². The van der Waals surface area contributed by atoms with Crippen LogP contribution in [0.25, 0.3) is 11.0 Å². The van der Waals surface area contributed by atoms with Crippen LogP contribution in [0.15, 0.2) is 36.5 Å². The van der Waals surface area contributed by atoms with Crippen LogP contribution in [0.3, 0.4) is 0 Å². The number of nitrogens with zero attached hydrogens (tertiary/aromatic N) is 6. The van der Waals surface area contributed by atoms with E-state index in [9.17, 15) is 14.0 Å². The number of likely N-dealkylation sites (tertiary alicyclic amines) is 1. The van der Waals surface area contributed by atoms with Gasteiger partial charge in [-0.1, -0.05) is 12.1 Å². The van der Waals surface area contributed by atoms with Crippen LogP contribution in [-0.2, 0) is 16.0 Å². The van der Waals surface area contributed by atoms with Gasteiger partial charge in [-0.25, -0.2) is 14.2 Å². The number of amides is 2. The second-order valence-corrected chi connectivity index (χ2v) is 12.4. The van der Waals surface area contributed by atoms with E-state index in [1.807, 2.05) is 44.9 Å². The van der Waals surface area contributed by atoms with Crippen molar-refractivity contribution in [1.29, 1.82) is 0 Å². The summed E-state index contributed by atoms with van der Waals surface area (Å²) in [6, 6.07) is 8.53. The third kappa shape index (κ3) is 6.82. The van der Waals surface area contributed by atoms with Crippen LogP contribution in [0.2, 0.25) is 0 Å². The lowest BCUT2D eigenvalue weighted by Crippen LogP contribution is -2.41. The van der Waals surface area contributed by atoms with Crippen molar-refractivity contribution < 1.29 is 23.5 Å². The number of aromatic nitrogens is 2. The van der Waals surface area contributed by atoms with Crippen LogP contribution in [0.5, 0.6) is 0 Å². The van der Waals surface area contributed by atoms with Crippen molar-refractivity contribution in [2.45, 2.75) is 52.3 Å². The minimum absolute atomic E-state index is 0.151. The normalized spacial score (nSPS) is 17.3. The van der Waals surface area contributed by atoms with E-state index in [1.54, 1.807) is 42.1 Å². The maximum absolute atomic E-state index is 14.4. The molecule has 0 spiro atoms. The number of ether oxygens (including phenoxy) is 2. The molecule has 2 amide bonds. The minimum Gasteiger partial charge on any atom is -0.444 e. The first kappa shape index (κ1) is 30.5. The number of fused-ring (bicyclic) bond motifs is 1. The molecule has 1 aromatic heterocycles. The van der Waals surface area contributed by atoms with E-state index >= 15 is 0 Å². The van der Waals surface area contributed by atoms with Crippen LogP contribution in [0.1, 0.15) is 48.7 Å². The predicted octanol–water partition coefficient (Wildman–Crippen LogP) is 4.63. The molecule has 0 saturated carbocycles. The van der Waals surface area contributed by atoms with Gasteiger partial charge in [-0.15, -0.1) is 0 Å². The summed E-state index contributed by atoms with van der Waals surface area (Å²) in [6.45, 7) is 11.3. The molecule has 11 heteroatoms. The lowest BCUT2D eigenvalue weighted by molar-refractivity contribution is 0.0279. The highest BCUT2D eigenvalue weighted by molar-refractivity contribution is 6.01. The van der Waals surface area contributed by atoms with Crippen molar-refractivity contribution >= 4 is 34.5 Å². The van der Waals surface area contributed by atoms with Crippen molar-refractivity contribution in [3.8, 4) is 0 Å². The highest BCUT2D eigenvalue weighted by atomic mass is 19.1. The van der Waals surface area contributed by atoms with Crippen molar-refractivity contribution in [3.05, 3.63) is 59.0 Å². The highest BCUT2D eigenvalue weighted by Crippen LogP contribution is 2.31. The Labute approximate surface area is 252 Å². The van der Waals surface area contributed by atoms with Gasteiger partial charge in [0.25, 0.3) is 5.91 Å². The second-order valence-electron chi connectivity index (χ2n) is 12.4. The lowest BCUT2D eigenvalue weighted by Gasteiger charge is -2.29. The standard InChI is InChI=1S/C32H41FN6O4/c1-21-22(8-7-9-25(21)33)19-36(5)27-17-23(16-26-29(27)35-28(18-34-26)38-12-14-42-15-13-38)30(40)37(6)24-10-11-39(20-24)31(41)43-32(2,3)4/h7-9,16-18,24H,10-15,19-20H2,1-6H3. The van der Waals surface area contributed by atoms with Gasteiger partial charge >= 0.3 is 6.09 Å². The summed E-state index contributed by atoms with van der Waals surface area (Å²) in [5.41, 5.74) is 3.29. The minimum atomic E-state index is -0.586. The van der Waals surface area contributed by atoms with E-state index in [0.29, 0.717) is 61.4 Å². The molecule has 1 atom stereocenters. The Balaban J connectivity index is 1.45. The number of halogens is 1. The molecule has 2 aliphatic rings. The SMILES string of the molecule is Cc1c(F)cccc1CN(C)c1cc(C(=O)N(C)C2CCN(C(=O)OC(C)(C)C)C2)cc2ncc(N3CCOCC3)nc12. The van der Waals surface area contributed by atoms with Crippen molar-refractivity contribution in [2.24, 2.45) is 0 Å². The first-order chi connectivity index (χ1) is 20.4. The smallest absolute Gasteiger partial charge is 0.410 e. The summed E-state index contributed by atoms with van der Waals surface area (Å²) in [4.78, 5) is 43.7. The second kappa shape index (κ2) is 12.3. The summed E-state index contributed by atoms with van der Waals surface area (Å²) >= 11 is 0. The van der Waals surface area contributed by atoms with E-state index in [0.717, 1.165) is 30.2 Å². The molecular weight excluding hydrogens is 551 g/mol. The van der Waals surface area contributed by atoms with Gasteiger partial charge in [0, 0.05) is 52.4 Å². The molecule has 2 saturated heterocycles. The number of carbonyl (C=O) groups is 2. The zero-order valence-electron chi connectivity index (χ0n) is 25.9. The van der Waals surface area contributed by atoms with Crippen molar-refractivity contribution in [2.75, 3.05) is 63.3 Å². The molecule has 3 heterocycles. The Hall–Kier alpha value is -3.99. The Morgan fingerprint density at radius 1 is 1.14 bits per heavy atom. The Morgan fingerprint density at radius 3 is 2.60 bits per heavy atom. The van der Waals surface area contributed by atoms with E-state index in [4.69, 9.17) is 19.4 Å². The van der Waals surface area contributed by atoms with Gasteiger partial charge in [-0.05, 0) is 63.4 Å². The Bertz CT molecular complexity index is 1500. The van der Waals surface area contributed by atoms with E-state index in [1.165, 1.54) is 6.07 Å². The van der Waals surface area contributed by atoms with Crippen LogP contribution >= 0.6 is 0 Å². The summed E-state index contributed by atoms with van der Waals surface area (Å²) in [7, 11) is 3.68. The Morgan fingerprint density at radius 2 is 1.88 bits per heavy atom. The maximum Gasteiger partial charge on any atom is 0.410 e. The fourth-order valence-electron chi connectivity index (χ4n) is 5.53. The molecule has 230 valence electrons. The van der Waals surface area contributed by atoms with Gasteiger partial charge in [0.05, 0.1) is 36.7 Å². The molecule has 5 rings (SSSR count). The van der Waals surface area contributed by atoms with Crippen LogP contribution in [-0.4, -0.2) is 96.9 Å². The number of carbonyl (C=O) groups excluding carboxylic acids is 2. The monoisotopic (exact) mass is 592 g/mol. The molecule has 2 aromatic carbocycles. The maximum atomic E-state index is 14.4. The molecule has 10 nitrogen and oxygen atoms in total. The fraction of sp³-hybridized carbons (Fsp3) is 0.500. The largest absolute Gasteiger partial charge is 0.444 e. The first-order valence-electron chi connectivity index (χ1n) is 14.7. The third-order valence-corrected chi connectivity index (χ3v) is 8.08. The average Bonchev–Trinajstić information content (AvgIpc) is 3.48. The number of hydrogen-bond donors (Lipinski definition) is 0. The summed E-state index contributed by atoms with van der Waals surface area (Å²) in [5, 5.41) is 0. The van der Waals surface area contributed by atoms with Gasteiger partial charge in [-0.3, -0.25) is 9.78 Å². The van der Waals surface area contributed by atoms with Crippen molar-refractivity contribution in [3.63, 3.8) is 0 Å². The molecule has 3 aromatic rings. The number of hydrogen-bond acceptors (Lipinski definition) is 8. The zero-order chi connectivity index (χ0) is 30.9. The lowest BCUT2D eigenvalue weighted by atomic mass is 10.1. The van der Waals surface area contributed by atoms with E-state index < -0.39 is 5.60 Å². The average molecular weight is 593 g/mol. The molecule has 0 aliphatic carbocycles. The van der Waals surface area contributed by atoms with Gasteiger partial charge in [-0.2, -0.15) is 0 Å². The topological polar surface area (TPSA) is 91.3 Å². The summed E-state index contributed by atoms with van der Waals surface area (Å²) < 4.78 is 25.4. The van der Waals surface area contributed by atoms with Gasteiger partial charge < -0.3 is 29.1 Å². The zero-order valence-corrected chi connectivity index (χ0v) is 25.9. The molecule has 2 fully saturated rings. The molecule has 0 radical (unpaired) electrons. The number of rotatable bonds is 6. The van der Waals surface area contributed by atoms with E-state index in [-0.39, 0.29) is 23.9 Å². The molecule has 1 unspecified atom stereocenters. The predicted molar refractivity (Wildman–Crippen MR) is 164 cm³/mol. The molecular formula is C32H41FN6O4. The van der Waals surface area contributed by atoms with Gasteiger partial charge in [0.15, 0.2) is 0 Å². The Kier molecular flexibility index (Phi) is 8.73. The summed E-state index contributed by atoms with van der Waals surface area (Å²) in [6.07, 6.45) is 2.02. The van der Waals surface area contributed by atoms with Gasteiger partial charge in [0.1, 0.15) is 22.8 Å². The quantitative estimate of drug-likeness (QED) is 0.409. The van der Waals surface area contributed by atoms with Crippen molar-refractivity contribution in [1.82, 2.24) is 19.8 Å². The number of benzene rings is 2. The number of likely N-dealkylation sites (N-methyl/N-ethyl adjacent to an activating group) is 1. The number of morpholine rings is 1. The molecule has 43 heavy (non-hydrogen) atoms. The van der Waals surface area contributed by atoms with Crippen LogP contribution in [0.4, 0.5) is 20.7 Å². The molecule has 0 N–H and O–H groups in total.